The number of hydrogen-bond acceptors (Lipinski definition) is 3. The number of carboxylic acids is 1. The second kappa shape index (κ2) is 8.81. The second-order valence-electron chi connectivity index (χ2n) is 6.48. The van der Waals surface area contributed by atoms with Gasteiger partial charge in [0.05, 0.1) is 0 Å². The highest BCUT2D eigenvalue weighted by atomic mass is 19.4. The van der Waals surface area contributed by atoms with Crippen LogP contribution in [0.2, 0.25) is 0 Å². The van der Waals surface area contributed by atoms with E-state index >= 15 is 0 Å². The fraction of sp³-hybridized carbons (Fsp3) is 0.238. The average Bonchev–Trinajstić information content (AvgIpc) is 2.91. The summed E-state index contributed by atoms with van der Waals surface area (Å²) >= 11 is 0. The monoisotopic (exact) mass is 406 g/mol. The minimum absolute atomic E-state index is 0.281. The Hall–Kier alpha value is -3.29. The smallest absolute Gasteiger partial charge is 0.481 e. The number of fused-ring (bicyclic) bond motifs is 1. The van der Waals surface area contributed by atoms with Crippen LogP contribution in [0.4, 0.5) is 13.2 Å². The minimum atomic E-state index is -4.74. The van der Waals surface area contributed by atoms with Crippen LogP contribution in [0.5, 0.6) is 5.75 Å². The van der Waals surface area contributed by atoms with E-state index in [1.165, 1.54) is 12.1 Å². The molecule has 154 valence electrons. The Labute approximate surface area is 165 Å². The van der Waals surface area contributed by atoms with Crippen molar-refractivity contribution in [3.05, 3.63) is 65.4 Å². The van der Waals surface area contributed by atoms with E-state index in [-0.39, 0.29) is 5.75 Å². The van der Waals surface area contributed by atoms with Crippen LogP contribution in [0.25, 0.3) is 10.9 Å². The van der Waals surface area contributed by atoms with Crippen molar-refractivity contribution >= 4 is 22.6 Å². The number of aryl methyl sites for hydroxylation is 2. The maximum atomic E-state index is 12.5. The summed E-state index contributed by atoms with van der Waals surface area (Å²) in [6.07, 6.45) is -2.56. The number of aliphatic carboxylic acids is 1. The molecule has 0 fully saturated rings. The Bertz CT molecular complexity index is 1040. The van der Waals surface area contributed by atoms with Crippen LogP contribution in [0, 0.1) is 12.3 Å². The van der Waals surface area contributed by atoms with Crippen molar-refractivity contribution in [2.45, 2.75) is 26.6 Å². The van der Waals surface area contributed by atoms with Crippen molar-refractivity contribution in [2.24, 2.45) is 7.05 Å². The fourth-order valence-electron chi connectivity index (χ4n) is 2.90. The number of nitrogens with one attached hydrogen (secondary N) is 1. The van der Waals surface area contributed by atoms with Crippen molar-refractivity contribution in [2.75, 3.05) is 0 Å². The molecule has 3 aromatic rings. The number of carboxylic acid groups (broad SMARTS) is 1. The molecule has 0 aliphatic carbocycles. The highest BCUT2D eigenvalue weighted by Crippen LogP contribution is 2.30. The Morgan fingerprint density at radius 1 is 1.21 bits per heavy atom. The van der Waals surface area contributed by atoms with Crippen molar-refractivity contribution in [1.82, 2.24) is 4.57 Å². The van der Waals surface area contributed by atoms with Crippen LogP contribution in [0.15, 0.2) is 48.7 Å². The summed E-state index contributed by atoms with van der Waals surface area (Å²) in [4.78, 5) is 9.00. The third-order valence-corrected chi connectivity index (χ3v) is 4.15. The summed E-state index contributed by atoms with van der Waals surface area (Å²) in [5, 5.41) is 16.4. The molecule has 8 heteroatoms. The van der Waals surface area contributed by atoms with E-state index in [9.17, 15) is 13.2 Å². The highest BCUT2D eigenvalue weighted by molar-refractivity contribution is 6.10. The molecule has 1 aromatic heterocycles. The quantitative estimate of drug-likeness (QED) is 0.593. The molecule has 0 unspecified atom stereocenters. The first-order valence-electron chi connectivity index (χ1n) is 8.64. The SMILES string of the molecule is CC(=O)O.Cc1ccccc1CC(=N)c1cn(C)c2ccc(OC(F)(F)F)cc12. The average molecular weight is 406 g/mol. The van der Waals surface area contributed by atoms with Gasteiger partial charge in [0.25, 0.3) is 5.97 Å². The number of rotatable bonds is 4. The van der Waals surface area contributed by atoms with Crippen molar-refractivity contribution in [1.29, 1.82) is 5.41 Å². The lowest BCUT2D eigenvalue weighted by Gasteiger charge is -2.10. The number of alkyl halides is 3. The van der Waals surface area contributed by atoms with Crippen LogP contribution in [0.3, 0.4) is 0 Å². The summed E-state index contributed by atoms with van der Waals surface area (Å²) in [5.74, 6) is -1.11. The van der Waals surface area contributed by atoms with Crippen LogP contribution < -0.4 is 4.74 Å². The molecule has 0 radical (unpaired) electrons. The van der Waals surface area contributed by atoms with Gasteiger partial charge < -0.3 is 19.8 Å². The molecule has 0 atom stereocenters. The molecule has 0 saturated heterocycles. The second-order valence-corrected chi connectivity index (χ2v) is 6.48. The number of nitrogens with zero attached hydrogens (tertiary/aromatic N) is 1. The maximum Gasteiger partial charge on any atom is 0.573 e. The summed E-state index contributed by atoms with van der Waals surface area (Å²) < 4.78 is 43.2. The van der Waals surface area contributed by atoms with E-state index in [1.54, 1.807) is 23.9 Å². The summed E-state index contributed by atoms with van der Waals surface area (Å²) in [6.45, 7) is 3.06. The molecule has 5 nitrogen and oxygen atoms in total. The molecule has 0 spiro atoms. The predicted octanol–water partition coefficient (Wildman–Crippen LogP) is 5.09. The first-order chi connectivity index (χ1) is 13.5. The lowest BCUT2D eigenvalue weighted by molar-refractivity contribution is -0.274. The summed E-state index contributed by atoms with van der Waals surface area (Å²) in [5.41, 5.74) is 3.80. The predicted molar refractivity (Wildman–Crippen MR) is 105 cm³/mol. The number of aromatic nitrogens is 1. The number of hydrogen-bond donors (Lipinski definition) is 2. The first kappa shape index (κ1) is 22.0. The number of ether oxygens (including phenoxy) is 1. The molecule has 0 aliphatic heterocycles. The van der Waals surface area contributed by atoms with Gasteiger partial charge in [-0.1, -0.05) is 24.3 Å². The van der Waals surface area contributed by atoms with Gasteiger partial charge in [-0.3, -0.25) is 4.79 Å². The van der Waals surface area contributed by atoms with E-state index in [1.807, 2.05) is 31.2 Å². The zero-order valence-corrected chi connectivity index (χ0v) is 16.2. The fourth-order valence-corrected chi connectivity index (χ4v) is 2.90. The van der Waals surface area contributed by atoms with Gasteiger partial charge in [0.1, 0.15) is 5.75 Å². The van der Waals surface area contributed by atoms with Gasteiger partial charge in [-0.2, -0.15) is 0 Å². The molecule has 2 aromatic carbocycles. The largest absolute Gasteiger partial charge is 0.573 e. The molecule has 29 heavy (non-hydrogen) atoms. The van der Waals surface area contributed by atoms with Crippen LogP contribution in [-0.4, -0.2) is 27.7 Å². The van der Waals surface area contributed by atoms with E-state index in [0.717, 1.165) is 23.6 Å². The Kier molecular flexibility index (Phi) is 6.68. The van der Waals surface area contributed by atoms with Gasteiger partial charge in [0.15, 0.2) is 0 Å². The van der Waals surface area contributed by atoms with Gasteiger partial charge in [-0.25, -0.2) is 0 Å². The van der Waals surface area contributed by atoms with Crippen LogP contribution in [0.1, 0.15) is 23.6 Å². The van der Waals surface area contributed by atoms with Crippen molar-refractivity contribution < 1.29 is 27.8 Å². The van der Waals surface area contributed by atoms with Crippen LogP contribution >= 0.6 is 0 Å². The Morgan fingerprint density at radius 3 is 2.41 bits per heavy atom. The van der Waals surface area contributed by atoms with Crippen LogP contribution in [-0.2, 0) is 18.3 Å². The van der Waals surface area contributed by atoms with Gasteiger partial charge in [0.2, 0.25) is 0 Å². The molecule has 3 rings (SSSR count). The van der Waals surface area contributed by atoms with Gasteiger partial charge in [-0.15, -0.1) is 13.2 Å². The first-order valence-corrected chi connectivity index (χ1v) is 8.64. The van der Waals surface area contributed by atoms with Gasteiger partial charge in [0, 0.05) is 48.8 Å². The maximum absolute atomic E-state index is 12.5. The Balaban J connectivity index is 0.000000687. The lowest BCUT2D eigenvalue weighted by Crippen LogP contribution is -2.17. The van der Waals surface area contributed by atoms with Crippen molar-refractivity contribution in [3.8, 4) is 5.75 Å². The number of halogens is 3. The summed E-state index contributed by atoms with van der Waals surface area (Å²) in [6, 6.07) is 12.0. The molecule has 2 N–H and O–H groups in total. The van der Waals surface area contributed by atoms with E-state index in [2.05, 4.69) is 4.74 Å². The molecular weight excluding hydrogens is 385 g/mol. The standard InChI is InChI=1S/C19H17F3N2O.C2H4O2/c1-12-5-3-4-6-13(12)9-17(23)16-11-24(2)18-8-7-14(10-15(16)18)25-19(20,21)22;1-2(3)4/h3-8,10-11,23H,9H2,1-2H3;1H3,(H,3,4). The minimum Gasteiger partial charge on any atom is -0.481 e. The molecule has 0 bridgehead atoms. The molecule has 0 amide bonds. The zero-order valence-electron chi connectivity index (χ0n) is 16.2. The third-order valence-electron chi connectivity index (χ3n) is 4.15. The zero-order chi connectivity index (χ0) is 21.8. The van der Waals surface area contributed by atoms with E-state index in [4.69, 9.17) is 15.3 Å². The Morgan fingerprint density at radius 2 is 1.83 bits per heavy atom. The van der Waals surface area contributed by atoms with Gasteiger partial charge in [-0.05, 0) is 36.2 Å². The molecular formula is C21H21F3N2O3. The normalized spacial score (nSPS) is 11.0. The number of benzene rings is 2. The third kappa shape index (κ3) is 6.10. The molecule has 1 heterocycles. The van der Waals surface area contributed by atoms with E-state index < -0.39 is 12.3 Å². The summed E-state index contributed by atoms with van der Waals surface area (Å²) in [7, 11) is 1.80. The highest BCUT2D eigenvalue weighted by Gasteiger charge is 2.31. The van der Waals surface area contributed by atoms with E-state index in [0.29, 0.717) is 23.1 Å². The lowest BCUT2D eigenvalue weighted by atomic mass is 9.98. The molecule has 0 saturated carbocycles. The molecule has 0 aliphatic rings. The number of carbonyl (C=O) groups is 1. The topological polar surface area (TPSA) is 75.3 Å². The van der Waals surface area contributed by atoms with Gasteiger partial charge >= 0.3 is 6.36 Å². The van der Waals surface area contributed by atoms with Crippen molar-refractivity contribution in [3.63, 3.8) is 0 Å².